The molecule has 0 bridgehead atoms. The third kappa shape index (κ3) is 3.39. The Morgan fingerprint density at radius 1 is 1.36 bits per heavy atom. The summed E-state index contributed by atoms with van der Waals surface area (Å²) in [6, 6.07) is 0. The third-order valence-corrected chi connectivity index (χ3v) is 4.92. The van der Waals surface area contributed by atoms with Crippen molar-refractivity contribution in [2.45, 2.75) is 19.3 Å². The molecule has 0 saturated carbocycles. The summed E-state index contributed by atoms with van der Waals surface area (Å²) in [6.45, 7) is 2.16. The molecule has 2 heterocycles. The highest BCUT2D eigenvalue weighted by Crippen LogP contribution is 2.22. The van der Waals surface area contributed by atoms with E-state index in [0.717, 1.165) is 19.0 Å². The van der Waals surface area contributed by atoms with Crippen molar-refractivity contribution < 1.29 is 0 Å². The largest absolute Gasteiger partial charge is 0.365 e. The minimum Gasteiger partial charge on any atom is -0.365 e. The lowest BCUT2D eigenvalue weighted by Gasteiger charge is -2.23. The highest BCUT2D eigenvalue weighted by Gasteiger charge is 2.14. The van der Waals surface area contributed by atoms with E-state index < -0.39 is 0 Å². The Kier molecular flexibility index (Phi) is 4.51. The number of rotatable bonds is 2. The highest BCUT2D eigenvalue weighted by molar-refractivity contribution is 8.13. The van der Waals surface area contributed by atoms with Gasteiger partial charge in [-0.05, 0) is 36.7 Å². The van der Waals surface area contributed by atoms with Gasteiger partial charge in [-0.25, -0.2) is 0 Å². The maximum atomic E-state index is 4.48. The molecule has 80 valence electrons. The molecule has 0 aliphatic carbocycles. The molecule has 0 amide bonds. The van der Waals surface area contributed by atoms with E-state index in [0.29, 0.717) is 0 Å². The van der Waals surface area contributed by atoms with E-state index in [1.54, 1.807) is 0 Å². The Labute approximate surface area is 94.7 Å². The summed E-state index contributed by atoms with van der Waals surface area (Å²) in [5.41, 5.74) is 0. The minimum atomic E-state index is 0.874. The van der Waals surface area contributed by atoms with Crippen molar-refractivity contribution in [1.82, 2.24) is 5.32 Å². The average molecular weight is 230 g/mol. The lowest BCUT2D eigenvalue weighted by molar-refractivity contribution is 0.514. The van der Waals surface area contributed by atoms with Crippen molar-refractivity contribution in [3.05, 3.63) is 0 Å². The van der Waals surface area contributed by atoms with Crippen LogP contribution in [0.15, 0.2) is 4.99 Å². The van der Waals surface area contributed by atoms with Crippen molar-refractivity contribution in [2.75, 3.05) is 30.3 Å². The van der Waals surface area contributed by atoms with E-state index in [1.807, 2.05) is 11.8 Å². The zero-order chi connectivity index (χ0) is 9.64. The van der Waals surface area contributed by atoms with Crippen LogP contribution in [0.25, 0.3) is 0 Å². The molecule has 1 fully saturated rings. The van der Waals surface area contributed by atoms with Gasteiger partial charge in [0.2, 0.25) is 0 Å². The van der Waals surface area contributed by atoms with E-state index in [2.05, 4.69) is 22.1 Å². The minimum absolute atomic E-state index is 0.874. The molecule has 2 nitrogen and oxygen atoms in total. The van der Waals surface area contributed by atoms with Gasteiger partial charge in [-0.15, -0.1) is 0 Å². The number of nitrogens with zero attached hydrogens (tertiary/aromatic N) is 1. The van der Waals surface area contributed by atoms with E-state index >= 15 is 0 Å². The molecule has 2 aliphatic heterocycles. The molecule has 0 spiro atoms. The van der Waals surface area contributed by atoms with Crippen LogP contribution in [-0.2, 0) is 0 Å². The quantitative estimate of drug-likeness (QED) is 0.787. The molecule has 1 unspecified atom stereocenters. The summed E-state index contributed by atoms with van der Waals surface area (Å²) in [5, 5.41) is 4.68. The summed E-state index contributed by atoms with van der Waals surface area (Å²) >= 11 is 3.99. The molecule has 1 saturated heterocycles. The van der Waals surface area contributed by atoms with Crippen LogP contribution in [0.1, 0.15) is 19.3 Å². The van der Waals surface area contributed by atoms with Gasteiger partial charge in [0.1, 0.15) is 0 Å². The fourth-order valence-electron chi connectivity index (χ4n) is 1.77. The van der Waals surface area contributed by atoms with E-state index in [4.69, 9.17) is 0 Å². The van der Waals surface area contributed by atoms with Gasteiger partial charge in [-0.2, -0.15) is 11.8 Å². The van der Waals surface area contributed by atoms with Gasteiger partial charge in [0.15, 0.2) is 5.17 Å². The molecule has 1 atom stereocenters. The highest BCUT2D eigenvalue weighted by atomic mass is 32.2. The first-order valence-electron chi connectivity index (χ1n) is 5.44. The average Bonchev–Trinajstić information content (AvgIpc) is 2.29. The normalized spacial score (nSPS) is 28.3. The third-order valence-electron chi connectivity index (χ3n) is 2.59. The maximum absolute atomic E-state index is 4.48. The van der Waals surface area contributed by atoms with Gasteiger partial charge >= 0.3 is 0 Å². The topological polar surface area (TPSA) is 24.4 Å². The summed E-state index contributed by atoms with van der Waals surface area (Å²) in [5.74, 6) is 4.82. The second-order valence-corrected chi connectivity index (χ2v) is 6.09. The van der Waals surface area contributed by atoms with Gasteiger partial charge in [0.25, 0.3) is 0 Å². The van der Waals surface area contributed by atoms with E-state index in [-0.39, 0.29) is 0 Å². The first kappa shape index (κ1) is 10.7. The Bertz CT molecular complexity index is 200. The molecule has 0 radical (unpaired) electrons. The summed E-state index contributed by atoms with van der Waals surface area (Å²) in [6.07, 6.45) is 4.05. The van der Waals surface area contributed by atoms with Crippen molar-refractivity contribution >= 4 is 28.7 Å². The van der Waals surface area contributed by atoms with Crippen LogP contribution in [0.3, 0.4) is 0 Å². The molecule has 0 aromatic carbocycles. The van der Waals surface area contributed by atoms with Crippen LogP contribution in [0.4, 0.5) is 0 Å². The standard InChI is InChI=1S/C10H18N2S2/c1-3-9(8-13-5-1)7-12-10-11-4-2-6-14-10/h9H,1-8H2,(H,11,12). The van der Waals surface area contributed by atoms with E-state index in [1.165, 1.54) is 41.7 Å². The number of aliphatic imine (C=N–C) groups is 1. The van der Waals surface area contributed by atoms with Crippen LogP contribution in [-0.4, -0.2) is 35.5 Å². The summed E-state index contributed by atoms with van der Waals surface area (Å²) in [4.78, 5) is 4.48. The Morgan fingerprint density at radius 2 is 2.36 bits per heavy atom. The van der Waals surface area contributed by atoms with Crippen LogP contribution in [0.5, 0.6) is 0 Å². The maximum Gasteiger partial charge on any atom is 0.156 e. The van der Waals surface area contributed by atoms with E-state index in [9.17, 15) is 0 Å². The molecular weight excluding hydrogens is 212 g/mol. The van der Waals surface area contributed by atoms with Gasteiger partial charge in [-0.1, -0.05) is 11.8 Å². The number of hydrogen-bond acceptors (Lipinski definition) is 4. The second kappa shape index (κ2) is 5.91. The predicted octanol–water partition coefficient (Wildman–Crippen LogP) is 2.21. The first-order chi connectivity index (χ1) is 6.95. The Balaban J connectivity index is 1.67. The van der Waals surface area contributed by atoms with Gasteiger partial charge in [0.05, 0.1) is 0 Å². The number of nitrogens with one attached hydrogen (secondary N) is 1. The zero-order valence-electron chi connectivity index (χ0n) is 8.50. The molecule has 2 aliphatic rings. The van der Waals surface area contributed by atoms with Crippen LogP contribution >= 0.6 is 23.5 Å². The van der Waals surface area contributed by atoms with Crippen molar-refractivity contribution in [3.63, 3.8) is 0 Å². The second-order valence-electron chi connectivity index (χ2n) is 3.85. The van der Waals surface area contributed by atoms with Crippen LogP contribution in [0.2, 0.25) is 0 Å². The first-order valence-corrected chi connectivity index (χ1v) is 7.58. The Morgan fingerprint density at radius 3 is 3.07 bits per heavy atom. The van der Waals surface area contributed by atoms with Gasteiger partial charge in [0, 0.05) is 18.8 Å². The lowest BCUT2D eigenvalue weighted by Crippen LogP contribution is -2.31. The number of thioether (sulfide) groups is 2. The Hall–Kier alpha value is 0.170. The van der Waals surface area contributed by atoms with Crippen LogP contribution in [0, 0.1) is 5.92 Å². The van der Waals surface area contributed by atoms with Crippen molar-refractivity contribution in [1.29, 1.82) is 0 Å². The fraction of sp³-hybridized carbons (Fsp3) is 0.900. The molecule has 2 rings (SSSR count). The molecule has 1 N–H and O–H groups in total. The summed E-state index contributed by atoms with van der Waals surface area (Å²) < 4.78 is 0. The molecular formula is C10H18N2S2. The molecule has 0 aromatic heterocycles. The fourth-order valence-corrected chi connectivity index (χ4v) is 3.76. The number of amidine groups is 1. The monoisotopic (exact) mass is 230 g/mol. The smallest absolute Gasteiger partial charge is 0.156 e. The zero-order valence-corrected chi connectivity index (χ0v) is 10.1. The molecule has 0 aromatic rings. The lowest BCUT2D eigenvalue weighted by atomic mass is 10.1. The molecule has 4 heteroatoms. The predicted molar refractivity (Wildman–Crippen MR) is 67.4 cm³/mol. The van der Waals surface area contributed by atoms with Crippen molar-refractivity contribution in [2.24, 2.45) is 10.9 Å². The number of hydrogen-bond donors (Lipinski definition) is 1. The van der Waals surface area contributed by atoms with Crippen LogP contribution < -0.4 is 5.32 Å². The van der Waals surface area contributed by atoms with Crippen molar-refractivity contribution in [3.8, 4) is 0 Å². The summed E-state index contributed by atoms with van der Waals surface area (Å²) in [7, 11) is 0. The SMILES string of the molecule is C1CN=C(NCC2CCCSC2)SC1. The molecule has 14 heavy (non-hydrogen) atoms. The van der Waals surface area contributed by atoms with Gasteiger partial charge in [-0.3, -0.25) is 4.99 Å². The van der Waals surface area contributed by atoms with Gasteiger partial charge < -0.3 is 5.32 Å².